The second-order valence-corrected chi connectivity index (χ2v) is 8.66. The SMILES string of the molecule is O=P1([O-])OSO1.O=P1([O-])OSO1.O=P1([O-])OSO1.[Ge].[Li+]. The molecule has 3 aliphatic rings. The quantitative estimate of drug-likeness (QED) is 0.200. The molecule has 3 fully saturated rings. The van der Waals surface area contributed by atoms with Gasteiger partial charge in [-0.3, -0.25) is 13.7 Å². The molecule has 3 heterocycles. The standard InChI is InChI=1S/Ge.Li.3HO4PS/c;;3*1-5(2)3-6-4-5/h;;3*(H,1,2)/q;+1;;;/p-3. The fourth-order valence-corrected chi connectivity index (χ4v) is 2.16. The third-order valence-corrected chi connectivity index (χ3v) is 6.57. The monoisotopic (exact) mass is 462 g/mol. The number of hydrogen-bond acceptors (Lipinski definition) is 15. The van der Waals surface area contributed by atoms with Crippen LogP contribution in [0, 0.1) is 0 Å². The van der Waals surface area contributed by atoms with E-state index in [1.807, 2.05) is 0 Å². The van der Waals surface area contributed by atoms with Crippen LogP contribution in [-0.2, 0) is 37.5 Å². The van der Waals surface area contributed by atoms with Gasteiger partial charge in [0.05, 0.1) is 0 Å². The van der Waals surface area contributed by atoms with Gasteiger partial charge in [0.2, 0.25) is 0 Å². The Morgan fingerprint density at radius 2 is 0.700 bits per heavy atom. The maximum atomic E-state index is 9.65. The number of hydrogen-bond donors (Lipinski definition) is 0. The second-order valence-electron chi connectivity index (χ2n) is 1.99. The van der Waals surface area contributed by atoms with Crippen LogP contribution in [-0.4, -0.2) is 17.6 Å². The Hall–Kier alpha value is 2.52. The first kappa shape index (κ1) is 24.8. The van der Waals surface area contributed by atoms with Gasteiger partial charge in [0.1, 0.15) is 0 Å². The van der Waals surface area contributed by atoms with Crippen LogP contribution in [0.1, 0.15) is 0 Å². The second kappa shape index (κ2) is 10.4. The molecule has 20 heavy (non-hydrogen) atoms. The first-order valence-corrected chi connectivity index (χ1v) is 9.57. The van der Waals surface area contributed by atoms with E-state index in [1.54, 1.807) is 0 Å². The van der Waals surface area contributed by atoms with Crippen LogP contribution in [0.3, 0.4) is 0 Å². The Morgan fingerprint density at radius 3 is 0.700 bits per heavy atom. The van der Waals surface area contributed by atoms with E-state index in [1.165, 1.54) is 0 Å². The molecular formula is GeLiO12P3S3-2. The third kappa shape index (κ3) is 11.1. The Kier molecular flexibility index (Phi) is 12.9. The van der Waals surface area contributed by atoms with Gasteiger partial charge in [-0.1, -0.05) is 0 Å². The van der Waals surface area contributed by atoms with Crippen molar-refractivity contribution in [2.75, 3.05) is 0 Å². The van der Waals surface area contributed by atoms with Gasteiger partial charge in [-0.15, -0.1) is 0 Å². The normalized spacial score (nSPS) is 25.9. The number of phosphoric acid groups is 3. The van der Waals surface area contributed by atoms with Crippen LogP contribution < -0.4 is 33.5 Å². The summed E-state index contributed by atoms with van der Waals surface area (Å²) in [4.78, 5) is 28.9. The predicted molar refractivity (Wildman–Crippen MR) is 57.9 cm³/mol. The minimum Gasteiger partial charge on any atom is -0.755 e. The topological polar surface area (TPSA) is 176 Å². The number of rotatable bonds is 0. The van der Waals surface area contributed by atoms with Crippen LogP contribution in [0.2, 0.25) is 0 Å². The molecule has 0 aliphatic carbocycles. The average molecular weight is 461 g/mol. The van der Waals surface area contributed by atoms with Crippen molar-refractivity contribution in [3.8, 4) is 0 Å². The van der Waals surface area contributed by atoms with Crippen molar-refractivity contribution < 1.29 is 71.1 Å². The Labute approximate surface area is 148 Å². The maximum Gasteiger partial charge on any atom is 1.00 e. The fraction of sp³-hybridized carbons (Fsp3) is 0. The van der Waals surface area contributed by atoms with Gasteiger partial charge in [0, 0.05) is 17.6 Å². The predicted octanol–water partition coefficient (Wildman–Crippen LogP) is -3.18. The van der Waals surface area contributed by atoms with Crippen LogP contribution in [0.5, 0.6) is 0 Å². The molecule has 3 rings (SSSR count). The third-order valence-electron chi connectivity index (χ3n) is 0.730. The zero-order valence-electron chi connectivity index (χ0n) is 8.97. The van der Waals surface area contributed by atoms with E-state index in [9.17, 15) is 28.4 Å². The van der Waals surface area contributed by atoms with Gasteiger partial charge in [-0.25, -0.2) is 23.8 Å². The van der Waals surface area contributed by atoms with Crippen molar-refractivity contribution in [1.29, 1.82) is 0 Å². The van der Waals surface area contributed by atoms with Crippen LogP contribution in [0.4, 0.5) is 0 Å². The summed E-state index contributed by atoms with van der Waals surface area (Å²) in [5.41, 5.74) is 0. The summed E-state index contributed by atoms with van der Waals surface area (Å²) in [5.74, 6) is 0. The molecule has 0 N–H and O–H groups in total. The van der Waals surface area contributed by atoms with Gasteiger partial charge < -0.3 is 14.7 Å². The van der Waals surface area contributed by atoms with E-state index in [0.29, 0.717) is 37.0 Å². The Balaban J connectivity index is 0. The van der Waals surface area contributed by atoms with Crippen molar-refractivity contribution in [2.24, 2.45) is 0 Å². The maximum absolute atomic E-state index is 9.65. The fourth-order valence-electron chi connectivity index (χ4n) is 0.240. The van der Waals surface area contributed by atoms with Crippen molar-refractivity contribution in [3.05, 3.63) is 0 Å². The molecule has 12 nitrogen and oxygen atoms in total. The van der Waals surface area contributed by atoms with Crippen molar-refractivity contribution in [3.63, 3.8) is 0 Å². The van der Waals surface area contributed by atoms with Gasteiger partial charge in [-0.2, -0.15) is 0 Å². The van der Waals surface area contributed by atoms with Gasteiger partial charge in [0.25, 0.3) is 23.5 Å². The smallest absolute Gasteiger partial charge is 0.755 e. The molecule has 4 radical (unpaired) electrons. The van der Waals surface area contributed by atoms with E-state index in [2.05, 4.69) is 23.8 Å². The minimum atomic E-state index is -3.75. The molecule has 0 aromatic heterocycles. The van der Waals surface area contributed by atoms with E-state index in [4.69, 9.17) is 0 Å². The molecule has 3 aliphatic heterocycles. The molecule has 0 amide bonds. The summed E-state index contributed by atoms with van der Waals surface area (Å²) >= 11 is 1.41. The molecule has 0 unspecified atom stereocenters. The van der Waals surface area contributed by atoms with Crippen molar-refractivity contribution in [1.82, 2.24) is 0 Å². The summed E-state index contributed by atoms with van der Waals surface area (Å²) in [6.07, 6.45) is 0. The van der Waals surface area contributed by atoms with E-state index >= 15 is 0 Å². The summed E-state index contributed by atoms with van der Waals surface area (Å²) in [6, 6.07) is 0. The molecule has 0 spiro atoms. The zero-order chi connectivity index (χ0) is 13.9. The molecule has 20 heteroatoms. The van der Waals surface area contributed by atoms with Crippen LogP contribution in [0.15, 0.2) is 0 Å². The largest absolute Gasteiger partial charge is 1.00 e. The molecule has 112 valence electrons. The molecule has 0 aromatic rings. The van der Waals surface area contributed by atoms with Gasteiger partial charge in [-0.05, 0) is 0 Å². The molecule has 0 atom stereocenters. The first-order chi connectivity index (χ1) is 8.12. The zero-order valence-corrected chi connectivity index (χ0v) is 16.2. The summed E-state index contributed by atoms with van der Waals surface area (Å²) < 4.78 is 51.8. The van der Waals surface area contributed by atoms with Crippen LogP contribution in [0.25, 0.3) is 0 Å². The van der Waals surface area contributed by atoms with E-state index < -0.39 is 23.5 Å². The first-order valence-electron chi connectivity index (χ1n) is 3.19. The molecule has 0 aromatic carbocycles. The van der Waals surface area contributed by atoms with Crippen molar-refractivity contribution in [2.45, 2.75) is 0 Å². The Bertz CT molecular complexity index is 342. The summed E-state index contributed by atoms with van der Waals surface area (Å²) in [5, 5.41) is 0. The van der Waals surface area contributed by atoms with Crippen molar-refractivity contribution >= 4 is 78.0 Å². The van der Waals surface area contributed by atoms with E-state index in [0.717, 1.165) is 0 Å². The Morgan fingerprint density at radius 1 is 0.600 bits per heavy atom. The molecular weight excluding hydrogens is 461 g/mol. The molecule has 0 bridgehead atoms. The van der Waals surface area contributed by atoms with E-state index in [-0.39, 0.29) is 36.5 Å². The minimum absolute atomic E-state index is 0. The molecule has 3 saturated heterocycles. The summed E-state index contributed by atoms with van der Waals surface area (Å²) in [6.45, 7) is 0. The molecule has 0 saturated carbocycles. The van der Waals surface area contributed by atoms with Gasteiger partial charge in [0.15, 0.2) is 37.0 Å². The average Bonchev–Trinajstić information content (AvgIpc) is 2.13. The summed E-state index contributed by atoms with van der Waals surface area (Å²) in [7, 11) is -11.3. The van der Waals surface area contributed by atoms with Gasteiger partial charge >= 0.3 is 18.9 Å². The van der Waals surface area contributed by atoms with Crippen LogP contribution >= 0.6 is 60.4 Å².